The minimum absolute atomic E-state index is 0.223. The van der Waals surface area contributed by atoms with E-state index in [9.17, 15) is 9.59 Å². The van der Waals surface area contributed by atoms with E-state index in [0.29, 0.717) is 21.9 Å². The van der Waals surface area contributed by atoms with Crippen molar-refractivity contribution in [1.29, 1.82) is 0 Å². The van der Waals surface area contributed by atoms with Gasteiger partial charge in [-0.15, -0.1) is 11.3 Å². The first-order chi connectivity index (χ1) is 9.54. The Morgan fingerprint density at radius 2 is 2.25 bits per heavy atom. The van der Waals surface area contributed by atoms with Crippen molar-refractivity contribution in [3.63, 3.8) is 0 Å². The van der Waals surface area contributed by atoms with E-state index < -0.39 is 6.04 Å². The van der Waals surface area contributed by atoms with Crippen LogP contribution < -0.4 is 16.4 Å². The predicted molar refractivity (Wildman–Crippen MR) is 79.6 cm³/mol. The number of aromatic nitrogens is 1. The van der Waals surface area contributed by atoms with Crippen LogP contribution in [-0.2, 0) is 4.79 Å². The van der Waals surface area contributed by atoms with Gasteiger partial charge >= 0.3 is 0 Å². The molecule has 0 aromatic carbocycles. The number of amides is 2. The molecule has 0 aliphatic carbocycles. The number of thiophene rings is 1. The van der Waals surface area contributed by atoms with Crippen molar-refractivity contribution < 1.29 is 9.59 Å². The number of likely N-dealkylation sites (N-methyl/N-ethyl adjacent to an activating group) is 1. The van der Waals surface area contributed by atoms with Crippen molar-refractivity contribution in [1.82, 2.24) is 15.6 Å². The van der Waals surface area contributed by atoms with Gasteiger partial charge in [0.05, 0.1) is 5.69 Å². The van der Waals surface area contributed by atoms with Crippen LogP contribution in [0.3, 0.4) is 0 Å². The molecule has 6 nitrogen and oxygen atoms in total. The maximum Gasteiger partial charge on any atom is 0.264 e. The first-order valence-corrected chi connectivity index (χ1v) is 7.07. The van der Waals surface area contributed by atoms with Gasteiger partial charge in [-0.2, -0.15) is 0 Å². The molecule has 2 aromatic heterocycles. The molecule has 4 N–H and O–H groups in total. The summed E-state index contributed by atoms with van der Waals surface area (Å²) >= 11 is 1.22. The Kier molecular flexibility index (Phi) is 4.19. The van der Waals surface area contributed by atoms with Gasteiger partial charge in [0.2, 0.25) is 5.91 Å². The zero-order valence-corrected chi connectivity index (χ0v) is 12.1. The van der Waals surface area contributed by atoms with E-state index >= 15 is 0 Å². The third kappa shape index (κ3) is 2.72. The van der Waals surface area contributed by atoms with Crippen molar-refractivity contribution >= 4 is 39.1 Å². The molecule has 1 atom stereocenters. The van der Waals surface area contributed by atoms with E-state index in [1.807, 2.05) is 13.0 Å². The number of hydrogen-bond acceptors (Lipinski definition) is 5. The average molecular weight is 292 g/mol. The summed E-state index contributed by atoms with van der Waals surface area (Å²) < 4.78 is 0. The van der Waals surface area contributed by atoms with Crippen LogP contribution in [0.1, 0.15) is 23.5 Å². The summed E-state index contributed by atoms with van der Waals surface area (Å²) in [6, 6.07) is 2.97. The summed E-state index contributed by atoms with van der Waals surface area (Å²) in [7, 11) is 0. The molecule has 0 aliphatic heterocycles. The van der Waals surface area contributed by atoms with E-state index in [2.05, 4.69) is 15.6 Å². The van der Waals surface area contributed by atoms with Crippen LogP contribution in [0.15, 0.2) is 18.3 Å². The molecule has 1 unspecified atom stereocenters. The Morgan fingerprint density at radius 3 is 2.90 bits per heavy atom. The number of hydrogen-bond donors (Lipinski definition) is 3. The molecule has 0 saturated heterocycles. The topological polar surface area (TPSA) is 97.1 Å². The fourth-order valence-corrected chi connectivity index (χ4v) is 2.74. The first-order valence-electron chi connectivity index (χ1n) is 6.26. The maximum atomic E-state index is 12.2. The molecule has 0 fully saturated rings. The van der Waals surface area contributed by atoms with Crippen molar-refractivity contribution in [2.24, 2.45) is 0 Å². The second-order valence-corrected chi connectivity index (χ2v) is 5.29. The lowest BCUT2D eigenvalue weighted by atomic mass is 10.2. The van der Waals surface area contributed by atoms with E-state index in [0.717, 1.165) is 5.39 Å². The van der Waals surface area contributed by atoms with E-state index in [1.54, 1.807) is 19.2 Å². The number of carbonyl (C=O) groups excluding carboxylic acids is 2. The van der Waals surface area contributed by atoms with Crippen molar-refractivity contribution in [2.75, 3.05) is 12.3 Å². The molecule has 0 radical (unpaired) electrons. The van der Waals surface area contributed by atoms with Gasteiger partial charge in [0.25, 0.3) is 5.91 Å². The molecule has 20 heavy (non-hydrogen) atoms. The summed E-state index contributed by atoms with van der Waals surface area (Å²) in [4.78, 5) is 29.0. The number of fused-ring (bicyclic) bond motifs is 1. The van der Waals surface area contributed by atoms with Crippen LogP contribution in [0.2, 0.25) is 0 Å². The summed E-state index contributed by atoms with van der Waals surface area (Å²) in [5, 5.41) is 6.04. The lowest BCUT2D eigenvalue weighted by Gasteiger charge is -2.12. The van der Waals surface area contributed by atoms with E-state index in [4.69, 9.17) is 5.73 Å². The highest BCUT2D eigenvalue weighted by Crippen LogP contribution is 2.31. The van der Waals surface area contributed by atoms with Crippen LogP contribution in [0, 0.1) is 0 Å². The van der Waals surface area contributed by atoms with Gasteiger partial charge in [-0.25, -0.2) is 4.98 Å². The highest BCUT2D eigenvalue weighted by atomic mass is 32.1. The molecule has 0 spiro atoms. The Labute approximate surface area is 120 Å². The first kappa shape index (κ1) is 14.3. The lowest BCUT2D eigenvalue weighted by Crippen LogP contribution is -2.44. The Morgan fingerprint density at radius 1 is 1.50 bits per heavy atom. The van der Waals surface area contributed by atoms with Gasteiger partial charge in [-0.1, -0.05) is 0 Å². The number of nitrogen functional groups attached to an aromatic ring is 1. The average Bonchev–Trinajstić information content (AvgIpc) is 2.77. The summed E-state index contributed by atoms with van der Waals surface area (Å²) in [6.07, 6.45) is 1.65. The number of nitrogens with two attached hydrogens (primary N) is 1. The number of pyridine rings is 1. The maximum absolute atomic E-state index is 12.2. The van der Waals surface area contributed by atoms with Crippen molar-refractivity contribution in [2.45, 2.75) is 19.9 Å². The van der Waals surface area contributed by atoms with Gasteiger partial charge in [0.15, 0.2) is 0 Å². The third-order valence-electron chi connectivity index (χ3n) is 2.80. The normalized spacial score (nSPS) is 12.1. The lowest BCUT2D eigenvalue weighted by molar-refractivity contribution is -0.122. The summed E-state index contributed by atoms with van der Waals surface area (Å²) in [5.41, 5.74) is 6.36. The number of rotatable bonds is 4. The van der Waals surface area contributed by atoms with E-state index in [1.165, 1.54) is 11.3 Å². The highest BCUT2D eigenvalue weighted by molar-refractivity contribution is 7.21. The quantitative estimate of drug-likeness (QED) is 0.787. The largest absolute Gasteiger partial charge is 0.397 e. The third-order valence-corrected chi connectivity index (χ3v) is 3.93. The monoisotopic (exact) mass is 292 g/mol. The molecule has 7 heteroatoms. The fraction of sp³-hybridized carbons (Fsp3) is 0.308. The number of carbonyl (C=O) groups is 2. The van der Waals surface area contributed by atoms with Crippen molar-refractivity contribution in [3.05, 3.63) is 23.2 Å². The van der Waals surface area contributed by atoms with Crippen LogP contribution in [0.4, 0.5) is 5.69 Å². The summed E-state index contributed by atoms with van der Waals surface area (Å²) in [5.74, 6) is -0.581. The molecular formula is C13H16N4O2S. The number of nitrogens with one attached hydrogen (secondary N) is 2. The molecule has 0 aliphatic rings. The van der Waals surface area contributed by atoms with Crippen LogP contribution in [-0.4, -0.2) is 29.4 Å². The van der Waals surface area contributed by atoms with Crippen LogP contribution >= 0.6 is 11.3 Å². The highest BCUT2D eigenvalue weighted by Gasteiger charge is 2.20. The van der Waals surface area contributed by atoms with Crippen molar-refractivity contribution in [3.8, 4) is 0 Å². The SMILES string of the molecule is CCNC(=O)C(C)NC(=O)c1sc2ncccc2c1N. The molecule has 0 saturated carbocycles. The predicted octanol–water partition coefficient (Wildman–Crippen LogP) is 1.13. The second kappa shape index (κ2) is 5.87. The van der Waals surface area contributed by atoms with Crippen LogP contribution in [0.5, 0.6) is 0 Å². The molecular weight excluding hydrogens is 276 g/mol. The zero-order valence-electron chi connectivity index (χ0n) is 11.3. The molecule has 2 heterocycles. The molecule has 106 valence electrons. The second-order valence-electron chi connectivity index (χ2n) is 4.29. The van der Waals surface area contributed by atoms with Gasteiger partial charge in [-0.3, -0.25) is 9.59 Å². The zero-order chi connectivity index (χ0) is 14.7. The standard InChI is InChI=1S/C13H16N4O2S/c1-3-15-11(18)7(2)17-12(19)10-9(14)8-5-4-6-16-13(8)20-10/h4-7H,3,14H2,1-2H3,(H,15,18)(H,17,19). The molecule has 0 bridgehead atoms. The Hall–Kier alpha value is -2.15. The molecule has 2 amide bonds. The Bertz CT molecular complexity index is 653. The molecule has 2 rings (SSSR count). The summed E-state index contributed by atoms with van der Waals surface area (Å²) in [6.45, 7) is 3.97. The minimum Gasteiger partial charge on any atom is -0.397 e. The van der Waals surface area contributed by atoms with Gasteiger partial charge in [0.1, 0.15) is 15.7 Å². The fourth-order valence-electron chi connectivity index (χ4n) is 1.77. The van der Waals surface area contributed by atoms with Crippen LogP contribution in [0.25, 0.3) is 10.2 Å². The van der Waals surface area contributed by atoms with Gasteiger partial charge < -0.3 is 16.4 Å². The number of nitrogens with zero attached hydrogens (tertiary/aromatic N) is 1. The smallest absolute Gasteiger partial charge is 0.264 e. The molecule has 2 aromatic rings. The minimum atomic E-state index is -0.611. The number of anilines is 1. The Balaban J connectivity index is 2.19. The van der Waals surface area contributed by atoms with E-state index in [-0.39, 0.29) is 11.8 Å². The van der Waals surface area contributed by atoms with Gasteiger partial charge in [-0.05, 0) is 26.0 Å². The van der Waals surface area contributed by atoms with Gasteiger partial charge in [0, 0.05) is 18.1 Å².